The fraction of sp³-hybridized carbons (Fsp3) is 0.278. The van der Waals surface area contributed by atoms with Crippen LogP contribution in [0, 0.1) is 6.92 Å². The van der Waals surface area contributed by atoms with Crippen LogP contribution in [0.1, 0.15) is 5.82 Å². The molecule has 1 fully saturated rings. The topological polar surface area (TPSA) is 91.3 Å². The van der Waals surface area contributed by atoms with Crippen LogP contribution in [0.4, 0.5) is 17.5 Å². The molecule has 0 unspecified atom stereocenters. The fourth-order valence-corrected chi connectivity index (χ4v) is 6.65. The molecule has 4 rings (SSSR count). The number of anilines is 3. The molecule has 1 aliphatic heterocycles. The van der Waals surface area contributed by atoms with Crippen molar-refractivity contribution >= 4 is 54.7 Å². The quantitative estimate of drug-likeness (QED) is 0.581. The van der Waals surface area contributed by atoms with Gasteiger partial charge in [0.25, 0.3) is 10.0 Å². The van der Waals surface area contributed by atoms with Crippen LogP contribution < -0.4 is 10.2 Å². The number of nitrogens with zero attached hydrogens (tertiary/aromatic N) is 5. The summed E-state index contributed by atoms with van der Waals surface area (Å²) in [5.74, 6) is 2.77. The van der Waals surface area contributed by atoms with Gasteiger partial charge in [0.2, 0.25) is 0 Å². The fourth-order valence-electron chi connectivity index (χ4n) is 3.07. The highest BCUT2D eigenvalue weighted by Gasteiger charge is 2.30. The Hall–Kier alpha value is -2.08. The van der Waals surface area contributed by atoms with E-state index in [9.17, 15) is 8.42 Å². The average Bonchev–Trinajstić information content (AvgIpc) is 3.16. The molecule has 1 N–H and O–H groups in total. The zero-order chi connectivity index (χ0) is 20.4. The Morgan fingerprint density at radius 3 is 2.52 bits per heavy atom. The van der Waals surface area contributed by atoms with Gasteiger partial charge in [0.1, 0.15) is 27.5 Å². The summed E-state index contributed by atoms with van der Waals surface area (Å²) >= 11 is 4.56. The summed E-state index contributed by atoms with van der Waals surface area (Å²) in [5, 5.41) is 3.18. The van der Waals surface area contributed by atoms with Crippen molar-refractivity contribution in [3.8, 4) is 0 Å². The Bertz CT molecular complexity index is 1100. The van der Waals surface area contributed by atoms with Crippen LogP contribution in [0.2, 0.25) is 0 Å². The van der Waals surface area contributed by atoms with E-state index >= 15 is 0 Å². The Morgan fingerprint density at radius 1 is 1.07 bits per heavy atom. The van der Waals surface area contributed by atoms with Gasteiger partial charge in [-0.2, -0.15) is 4.31 Å². The number of piperazine rings is 1. The Labute approximate surface area is 181 Å². The monoisotopic (exact) mass is 494 g/mol. The lowest BCUT2D eigenvalue weighted by Gasteiger charge is -2.34. The normalized spacial score (nSPS) is 15.4. The van der Waals surface area contributed by atoms with E-state index in [0.717, 1.165) is 9.60 Å². The van der Waals surface area contributed by atoms with Gasteiger partial charge in [0.15, 0.2) is 0 Å². The van der Waals surface area contributed by atoms with E-state index in [1.165, 1.54) is 15.6 Å². The van der Waals surface area contributed by atoms with Crippen molar-refractivity contribution in [2.75, 3.05) is 36.4 Å². The predicted octanol–water partition coefficient (Wildman–Crippen LogP) is 3.26. The Kier molecular flexibility index (Phi) is 5.81. The Morgan fingerprint density at radius 2 is 1.86 bits per heavy atom. The molecule has 0 aromatic carbocycles. The summed E-state index contributed by atoms with van der Waals surface area (Å²) in [7, 11) is -3.46. The minimum Gasteiger partial charge on any atom is -0.354 e. The van der Waals surface area contributed by atoms with Crippen LogP contribution in [0.25, 0.3) is 0 Å². The van der Waals surface area contributed by atoms with E-state index in [1.807, 2.05) is 31.2 Å². The van der Waals surface area contributed by atoms with Crippen molar-refractivity contribution in [3.05, 3.63) is 52.2 Å². The largest absolute Gasteiger partial charge is 0.354 e. The van der Waals surface area contributed by atoms with Gasteiger partial charge < -0.3 is 10.2 Å². The number of aryl methyl sites for hydroxylation is 1. The minimum atomic E-state index is -3.46. The van der Waals surface area contributed by atoms with E-state index in [2.05, 4.69) is 41.1 Å². The van der Waals surface area contributed by atoms with Crippen LogP contribution in [-0.2, 0) is 10.0 Å². The summed E-state index contributed by atoms with van der Waals surface area (Å²) in [6, 6.07) is 10.9. The van der Waals surface area contributed by atoms with Gasteiger partial charge >= 0.3 is 0 Å². The predicted molar refractivity (Wildman–Crippen MR) is 117 cm³/mol. The van der Waals surface area contributed by atoms with Gasteiger partial charge in [-0.15, -0.1) is 11.3 Å². The molecular formula is C18H19BrN6O2S2. The summed E-state index contributed by atoms with van der Waals surface area (Å²) < 4.78 is 28.3. The van der Waals surface area contributed by atoms with Crippen molar-refractivity contribution < 1.29 is 8.42 Å². The number of aromatic nitrogens is 3. The molecule has 11 heteroatoms. The molecule has 152 valence electrons. The molecule has 0 atom stereocenters. The van der Waals surface area contributed by atoms with Gasteiger partial charge in [0, 0.05) is 38.4 Å². The van der Waals surface area contributed by atoms with E-state index in [0.29, 0.717) is 47.8 Å². The molecule has 0 radical (unpaired) electrons. The van der Waals surface area contributed by atoms with Crippen LogP contribution in [0.3, 0.4) is 0 Å². The molecule has 0 bridgehead atoms. The van der Waals surface area contributed by atoms with Crippen molar-refractivity contribution in [3.63, 3.8) is 0 Å². The van der Waals surface area contributed by atoms with E-state index < -0.39 is 10.0 Å². The lowest BCUT2D eigenvalue weighted by Crippen LogP contribution is -2.48. The zero-order valence-electron chi connectivity index (χ0n) is 15.6. The smallest absolute Gasteiger partial charge is 0.252 e. The van der Waals surface area contributed by atoms with E-state index in [4.69, 9.17) is 0 Å². The number of rotatable bonds is 5. The second-order valence-electron chi connectivity index (χ2n) is 6.45. The molecule has 1 aliphatic rings. The summed E-state index contributed by atoms with van der Waals surface area (Å²) in [5.41, 5.74) is 0. The highest BCUT2D eigenvalue weighted by atomic mass is 79.9. The van der Waals surface area contributed by atoms with Crippen molar-refractivity contribution in [2.45, 2.75) is 11.1 Å². The third kappa shape index (κ3) is 4.58. The highest BCUT2D eigenvalue weighted by Crippen LogP contribution is 2.29. The van der Waals surface area contributed by atoms with Crippen molar-refractivity contribution in [1.82, 2.24) is 19.3 Å². The highest BCUT2D eigenvalue weighted by molar-refractivity contribution is 9.11. The summed E-state index contributed by atoms with van der Waals surface area (Å²) in [4.78, 5) is 15.3. The molecule has 29 heavy (non-hydrogen) atoms. The second kappa shape index (κ2) is 8.34. The van der Waals surface area contributed by atoms with E-state index in [-0.39, 0.29) is 0 Å². The second-order valence-corrected chi connectivity index (χ2v) is 11.1. The van der Waals surface area contributed by atoms with Gasteiger partial charge in [-0.3, -0.25) is 0 Å². The van der Waals surface area contributed by atoms with Crippen molar-refractivity contribution in [1.29, 1.82) is 0 Å². The molecule has 3 aromatic rings. The van der Waals surface area contributed by atoms with E-state index in [1.54, 1.807) is 18.3 Å². The van der Waals surface area contributed by atoms with Crippen LogP contribution in [-0.4, -0.2) is 53.9 Å². The van der Waals surface area contributed by atoms with Gasteiger partial charge in [-0.1, -0.05) is 6.07 Å². The third-order valence-corrected chi connectivity index (χ3v) is 8.44. The molecule has 3 aromatic heterocycles. The van der Waals surface area contributed by atoms with Gasteiger partial charge in [-0.25, -0.2) is 23.4 Å². The lowest BCUT2D eigenvalue weighted by molar-refractivity contribution is 0.384. The number of nitrogens with one attached hydrogen (secondary N) is 1. The first-order valence-electron chi connectivity index (χ1n) is 8.96. The van der Waals surface area contributed by atoms with Gasteiger partial charge in [0.05, 0.1) is 3.79 Å². The molecule has 1 saturated heterocycles. The Balaban J connectivity index is 1.47. The molecule has 4 heterocycles. The van der Waals surface area contributed by atoms with Crippen LogP contribution in [0.15, 0.2) is 50.6 Å². The summed E-state index contributed by atoms with van der Waals surface area (Å²) in [6.07, 6.45) is 1.71. The molecule has 8 nitrogen and oxygen atoms in total. The number of hydrogen-bond donors (Lipinski definition) is 1. The van der Waals surface area contributed by atoms with Crippen LogP contribution >= 0.6 is 27.3 Å². The molecular weight excluding hydrogens is 476 g/mol. The first-order chi connectivity index (χ1) is 13.9. The van der Waals surface area contributed by atoms with Crippen LogP contribution in [0.5, 0.6) is 0 Å². The number of halogens is 1. The number of thiophene rings is 1. The zero-order valence-corrected chi connectivity index (χ0v) is 18.8. The molecule has 0 spiro atoms. The first-order valence-corrected chi connectivity index (χ1v) is 12.0. The molecule has 0 saturated carbocycles. The van der Waals surface area contributed by atoms with Crippen molar-refractivity contribution in [2.24, 2.45) is 0 Å². The first kappa shape index (κ1) is 20.2. The molecule has 0 amide bonds. The minimum absolute atomic E-state index is 0.359. The number of pyridine rings is 1. The maximum atomic E-state index is 12.8. The third-order valence-electron chi connectivity index (χ3n) is 4.45. The average molecular weight is 495 g/mol. The summed E-state index contributed by atoms with van der Waals surface area (Å²) in [6.45, 7) is 3.77. The number of hydrogen-bond acceptors (Lipinski definition) is 8. The van der Waals surface area contributed by atoms with Gasteiger partial charge in [-0.05, 0) is 47.1 Å². The lowest BCUT2D eigenvalue weighted by atomic mass is 10.3. The maximum absolute atomic E-state index is 12.8. The number of sulfonamides is 1. The SMILES string of the molecule is Cc1nc(Nc2ccccn2)cc(N2CCN(S(=O)(=O)c3ccc(Br)s3)CC2)n1. The molecule has 0 aliphatic carbocycles. The maximum Gasteiger partial charge on any atom is 0.252 e. The standard InChI is InChI=1S/C18H19BrN6O2S2/c1-13-21-16(23-15-4-2-3-7-20-15)12-17(22-13)24-8-10-25(11-9-24)29(26,27)18-6-5-14(19)28-18/h2-7,12H,8-11H2,1H3,(H,20,21,22,23).